The van der Waals surface area contributed by atoms with Gasteiger partial charge in [0.25, 0.3) is 5.56 Å². The summed E-state index contributed by atoms with van der Waals surface area (Å²) in [5.41, 5.74) is 1.22. The molecule has 2 N–H and O–H groups in total. The molecule has 0 radical (unpaired) electrons. The van der Waals surface area contributed by atoms with Gasteiger partial charge in [0.2, 0.25) is 0 Å². The molecule has 0 amide bonds. The molecule has 1 aromatic carbocycles. The molecule has 0 aliphatic carbocycles. The van der Waals surface area contributed by atoms with Crippen molar-refractivity contribution in [3.05, 3.63) is 64.7 Å². The molecule has 8 nitrogen and oxygen atoms in total. The maximum absolute atomic E-state index is 12.3. The molecule has 1 saturated heterocycles. The van der Waals surface area contributed by atoms with Crippen molar-refractivity contribution in [1.29, 1.82) is 0 Å². The number of benzene rings is 1. The number of pyridine rings is 2. The van der Waals surface area contributed by atoms with Crippen LogP contribution in [0.5, 0.6) is 11.5 Å². The van der Waals surface area contributed by atoms with Gasteiger partial charge in [-0.15, -0.1) is 0 Å². The average Bonchev–Trinajstić information content (AvgIpc) is 2.76. The summed E-state index contributed by atoms with van der Waals surface area (Å²) in [7, 11) is 1.60. The van der Waals surface area contributed by atoms with Crippen LogP contribution in [-0.4, -0.2) is 52.3 Å². The van der Waals surface area contributed by atoms with Crippen LogP contribution < -0.4 is 15.0 Å². The number of ether oxygens (including phenoxy) is 3. The van der Waals surface area contributed by atoms with Gasteiger partial charge in [0.1, 0.15) is 30.3 Å². The Morgan fingerprint density at radius 2 is 2.10 bits per heavy atom. The predicted octanol–water partition coefficient (Wildman–Crippen LogP) is 1.67. The first-order valence-corrected chi connectivity index (χ1v) is 9.80. The minimum absolute atomic E-state index is 0.183. The van der Waals surface area contributed by atoms with Crippen molar-refractivity contribution in [2.24, 2.45) is 0 Å². The third kappa shape index (κ3) is 4.16. The summed E-state index contributed by atoms with van der Waals surface area (Å²) in [4.78, 5) is 16.6. The van der Waals surface area contributed by atoms with Crippen LogP contribution in [0.4, 0.5) is 0 Å². The van der Waals surface area contributed by atoms with Crippen LogP contribution in [0.1, 0.15) is 18.1 Å². The summed E-state index contributed by atoms with van der Waals surface area (Å²) >= 11 is 0. The number of aliphatic hydroxyl groups excluding tert-OH is 2. The number of hydrogen-bond donors (Lipinski definition) is 2. The molecule has 1 aliphatic rings. The maximum Gasteiger partial charge on any atom is 0.250 e. The van der Waals surface area contributed by atoms with Crippen molar-refractivity contribution < 1.29 is 24.4 Å². The molecule has 30 heavy (non-hydrogen) atoms. The molecule has 3 aromatic rings. The first-order chi connectivity index (χ1) is 14.6. The number of fused-ring (bicyclic) bond motifs is 1. The van der Waals surface area contributed by atoms with E-state index >= 15 is 0 Å². The highest BCUT2D eigenvalue weighted by Crippen LogP contribution is 2.29. The topological polar surface area (TPSA) is 103 Å². The number of aliphatic hydroxyl groups is 2. The van der Waals surface area contributed by atoms with E-state index in [2.05, 4.69) is 4.98 Å². The number of aromatic nitrogens is 2. The fourth-order valence-corrected chi connectivity index (χ4v) is 3.58. The molecule has 0 spiro atoms. The normalized spacial score (nSPS) is 21.5. The van der Waals surface area contributed by atoms with E-state index in [0.29, 0.717) is 36.6 Å². The molecule has 4 rings (SSSR count). The van der Waals surface area contributed by atoms with Crippen molar-refractivity contribution in [3.8, 4) is 11.5 Å². The van der Waals surface area contributed by atoms with E-state index in [-0.39, 0.29) is 12.2 Å². The van der Waals surface area contributed by atoms with Gasteiger partial charge in [0.15, 0.2) is 0 Å². The van der Waals surface area contributed by atoms with E-state index in [4.69, 9.17) is 14.2 Å². The number of rotatable bonds is 6. The number of methoxy groups -OCH3 is 1. The standard InChI is InChI=1S/C22H24N2O6/c1-28-15-3-4-16-17(12-15)23-8-6-19(16)29-11-9-24-13-14(2-5-20(24)26)22-21(27)18(25)7-10-30-22/h2-6,8,12-13,18,21-22,25,27H,7,9-11H2,1H3. The zero-order valence-electron chi connectivity index (χ0n) is 16.6. The lowest BCUT2D eigenvalue weighted by Gasteiger charge is -2.32. The van der Waals surface area contributed by atoms with Crippen molar-refractivity contribution >= 4 is 10.9 Å². The smallest absolute Gasteiger partial charge is 0.250 e. The highest BCUT2D eigenvalue weighted by atomic mass is 16.5. The second kappa shape index (κ2) is 8.83. The Morgan fingerprint density at radius 1 is 1.23 bits per heavy atom. The fourth-order valence-electron chi connectivity index (χ4n) is 3.58. The lowest BCUT2D eigenvalue weighted by Crippen LogP contribution is -2.39. The van der Waals surface area contributed by atoms with Crippen molar-refractivity contribution in [1.82, 2.24) is 9.55 Å². The first-order valence-electron chi connectivity index (χ1n) is 9.80. The Bertz CT molecular complexity index is 1080. The molecule has 3 atom stereocenters. The van der Waals surface area contributed by atoms with E-state index in [9.17, 15) is 15.0 Å². The summed E-state index contributed by atoms with van der Waals surface area (Å²) in [6.45, 7) is 0.939. The van der Waals surface area contributed by atoms with Gasteiger partial charge in [-0.2, -0.15) is 0 Å². The van der Waals surface area contributed by atoms with E-state index in [1.165, 1.54) is 10.6 Å². The monoisotopic (exact) mass is 412 g/mol. The second-order valence-corrected chi connectivity index (χ2v) is 7.17. The minimum Gasteiger partial charge on any atom is -0.497 e. The Balaban J connectivity index is 1.48. The van der Waals surface area contributed by atoms with Crippen molar-refractivity contribution in [2.45, 2.75) is 31.3 Å². The van der Waals surface area contributed by atoms with Crippen LogP contribution in [0, 0.1) is 0 Å². The largest absolute Gasteiger partial charge is 0.497 e. The third-order valence-electron chi connectivity index (χ3n) is 5.25. The zero-order valence-corrected chi connectivity index (χ0v) is 16.6. The molecular weight excluding hydrogens is 388 g/mol. The summed E-state index contributed by atoms with van der Waals surface area (Å²) in [5, 5.41) is 21.0. The van der Waals surface area contributed by atoms with Crippen molar-refractivity contribution in [2.75, 3.05) is 20.3 Å². The molecule has 158 valence electrons. The van der Waals surface area contributed by atoms with Gasteiger partial charge in [0.05, 0.1) is 31.9 Å². The maximum atomic E-state index is 12.3. The van der Waals surface area contributed by atoms with Crippen LogP contribution in [-0.2, 0) is 11.3 Å². The quantitative estimate of drug-likeness (QED) is 0.635. The molecule has 3 heterocycles. The molecule has 0 saturated carbocycles. The summed E-state index contributed by atoms with van der Waals surface area (Å²) < 4.78 is 18.3. The lowest BCUT2D eigenvalue weighted by atomic mass is 9.97. The molecule has 1 fully saturated rings. The van der Waals surface area contributed by atoms with Crippen LogP contribution in [0.15, 0.2) is 53.6 Å². The number of hydrogen-bond acceptors (Lipinski definition) is 7. The molecular formula is C22H24N2O6. The zero-order chi connectivity index (χ0) is 21.1. The van der Waals surface area contributed by atoms with Crippen LogP contribution >= 0.6 is 0 Å². The van der Waals surface area contributed by atoms with Crippen LogP contribution in [0.2, 0.25) is 0 Å². The SMILES string of the molecule is COc1ccc2c(OCCn3cc(C4OCCC(O)C4O)ccc3=O)ccnc2c1. The minimum atomic E-state index is -1.03. The van der Waals surface area contributed by atoms with Crippen molar-refractivity contribution in [3.63, 3.8) is 0 Å². The predicted molar refractivity (Wildman–Crippen MR) is 110 cm³/mol. The van der Waals surface area contributed by atoms with E-state index in [0.717, 1.165) is 10.9 Å². The average molecular weight is 412 g/mol. The molecule has 0 bridgehead atoms. The van der Waals surface area contributed by atoms with Crippen LogP contribution in [0.3, 0.4) is 0 Å². The Kier molecular flexibility index (Phi) is 5.98. The number of nitrogens with zero attached hydrogens (tertiary/aromatic N) is 2. The van der Waals surface area contributed by atoms with E-state index in [1.807, 2.05) is 18.2 Å². The van der Waals surface area contributed by atoms with Gasteiger partial charge < -0.3 is 29.0 Å². The Labute approximate surface area is 173 Å². The first kappa shape index (κ1) is 20.3. The second-order valence-electron chi connectivity index (χ2n) is 7.17. The molecule has 8 heteroatoms. The van der Waals surface area contributed by atoms with Gasteiger partial charge in [-0.05, 0) is 36.2 Å². The molecule has 1 aliphatic heterocycles. The highest BCUT2D eigenvalue weighted by molar-refractivity contribution is 5.85. The van der Waals surface area contributed by atoms with Gasteiger partial charge in [-0.3, -0.25) is 9.78 Å². The summed E-state index contributed by atoms with van der Waals surface area (Å²) in [6, 6.07) is 10.4. The fraction of sp³-hybridized carbons (Fsp3) is 0.364. The Hall–Kier alpha value is -2.94. The Morgan fingerprint density at radius 3 is 2.93 bits per heavy atom. The van der Waals surface area contributed by atoms with E-state index < -0.39 is 18.3 Å². The van der Waals surface area contributed by atoms with E-state index in [1.54, 1.807) is 31.6 Å². The van der Waals surface area contributed by atoms with Gasteiger partial charge >= 0.3 is 0 Å². The van der Waals surface area contributed by atoms with Gasteiger partial charge in [-0.25, -0.2) is 0 Å². The van der Waals surface area contributed by atoms with Gasteiger partial charge in [-0.1, -0.05) is 0 Å². The lowest BCUT2D eigenvalue weighted by molar-refractivity contribution is -0.137. The summed E-state index contributed by atoms with van der Waals surface area (Å²) in [5.74, 6) is 1.38. The third-order valence-corrected chi connectivity index (χ3v) is 5.25. The van der Waals surface area contributed by atoms with Crippen LogP contribution in [0.25, 0.3) is 10.9 Å². The summed E-state index contributed by atoms with van der Waals surface area (Å²) in [6.07, 6.45) is 1.16. The molecule has 2 aromatic heterocycles. The highest BCUT2D eigenvalue weighted by Gasteiger charge is 2.32. The molecule has 3 unspecified atom stereocenters. The van der Waals surface area contributed by atoms with Gasteiger partial charge in [0, 0.05) is 29.9 Å².